The average molecular weight is 589 g/mol. The number of nitrogens with zero attached hydrogens (tertiary/aromatic N) is 2. The lowest BCUT2D eigenvalue weighted by Crippen LogP contribution is -2.35. The van der Waals surface area contributed by atoms with Crippen molar-refractivity contribution >= 4 is 58.8 Å². The second-order valence-electron chi connectivity index (χ2n) is 8.54. The summed E-state index contributed by atoms with van der Waals surface area (Å²) in [5, 5.41) is -0.279. The SMILES string of the molecule is C=CCCOC(=O)CN1C(=O)c2ccccc2C1=O.O=C(CN1C(=O)c2ccccc2C1=O)OCCC(Cl)CCl. The van der Waals surface area contributed by atoms with Gasteiger partial charge in [0.05, 0.1) is 40.8 Å². The molecule has 0 spiro atoms. The molecule has 2 aromatic rings. The molecule has 0 aromatic heterocycles. The zero-order valence-electron chi connectivity index (χ0n) is 21.3. The summed E-state index contributed by atoms with van der Waals surface area (Å²) in [5.74, 6) is -2.87. The molecule has 40 heavy (non-hydrogen) atoms. The van der Waals surface area contributed by atoms with E-state index in [0.717, 1.165) is 9.80 Å². The van der Waals surface area contributed by atoms with E-state index in [1.807, 2.05) is 0 Å². The number of halogens is 2. The van der Waals surface area contributed by atoms with Gasteiger partial charge in [-0.15, -0.1) is 29.8 Å². The summed E-state index contributed by atoms with van der Waals surface area (Å²) in [7, 11) is 0. The van der Waals surface area contributed by atoms with Crippen molar-refractivity contribution in [3.63, 3.8) is 0 Å². The number of amides is 4. The zero-order chi connectivity index (χ0) is 29.2. The van der Waals surface area contributed by atoms with Crippen LogP contribution in [-0.4, -0.2) is 82.9 Å². The first kappa shape index (κ1) is 30.5. The van der Waals surface area contributed by atoms with Crippen molar-refractivity contribution in [1.82, 2.24) is 9.80 Å². The number of imide groups is 2. The van der Waals surface area contributed by atoms with Gasteiger partial charge < -0.3 is 9.47 Å². The van der Waals surface area contributed by atoms with Gasteiger partial charge in [-0.1, -0.05) is 30.3 Å². The molecule has 0 fully saturated rings. The standard InChI is InChI=1S/C14H13Cl2NO4.C14H13NO4/c15-7-9(16)5-6-21-12(18)8-17-13(19)10-3-1-2-4-11(10)14(17)20;1-2-3-8-19-12(16)9-15-13(17)10-6-4-5-7-11(10)14(15)18/h1-4,9H,5-8H2;2,4-7H,1,3,8-9H2. The van der Waals surface area contributed by atoms with Gasteiger partial charge in [0.25, 0.3) is 23.6 Å². The lowest BCUT2D eigenvalue weighted by atomic mass is 10.1. The Morgan fingerprint density at radius 2 is 1.12 bits per heavy atom. The Balaban J connectivity index is 0.000000222. The third kappa shape index (κ3) is 7.34. The summed E-state index contributed by atoms with van der Waals surface area (Å²) in [4.78, 5) is 72.9. The van der Waals surface area contributed by atoms with Crippen molar-refractivity contribution in [3.05, 3.63) is 83.4 Å². The molecule has 0 aliphatic carbocycles. The molecule has 2 aliphatic heterocycles. The van der Waals surface area contributed by atoms with E-state index in [1.54, 1.807) is 54.6 Å². The first-order valence-electron chi connectivity index (χ1n) is 12.2. The topological polar surface area (TPSA) is 127 Å². The zero-order valence-corrected chi connectivity index (χ0v) is 22.9. The second kappa shape index (κ2) is 14.4. The average Bonchev–Trinajstić information content (AvgIpc) is 3.34. The number of hydrogen-bond donors (Lipinski definition) is 0. The maximum Gasteiger partial charge on any atom is 0.326 e. The smallest absolute Gasteiger partial charge is 0.326 e. The number of benzene rings is 2. The normalized spacial score (nSPS) is 14.2. The molecule has 0 bridgehead atoms. The molecular weight excluding hydrogens is 563 g/mol. The van der Waals surface area contributed by atoms with Crippen LogP contribution in [0.15, 0.2) is 61.2 Å². The highest BCUT2D eigenvalue weighted by molar-refractivity contribution is 6.28. The fraction of sp³-hybridized carbons (Fsp3) is 0.286. The molecule has 0 saturated carbocycles. The van der Waals surface area contributed by atoms with E-state index >= 15 is 0 Å². The molecule has 1 atom stereocenters. The molecule has 1 unspecified atom stereocenters. The largest absolute Gasteiger partial charge is 0.464 e. The number of carbonyl (C=O) groups is 6. The Labute approximate surface area is 240 Å². The summed E-state index contributed by atoms with van der Waals surface area (Å²) in [5.41, 5.74) is 1.26. The maximum absolute atomic E-state index is 12.0. The molecule has 0 radical (unpaired) electrons. The van der Waals surface area contributed by atoms with Gasteiger partial charge >= 0.3 is 11.9 Å². The third-order valence-electron chi connectivity index (χ3n) is 5.78. The number of rotatable bonds is 11. The Bertz CT molecular complexity index is 1260. The Kier molecular flexibility index (Phi) is 11.0. The van der Waals surface area contributed by atoms with Crippen LogP contribution >= 0.6 is 23.2 Å². The van der Waals surface area contributed by atoms with Crippen LogP contribution in [-0.2, 0) is 19.1 Å². The van der Waals surface area contributed by atoms with E-state index in [4.69, 9.17) is 32.7 Å². The van der Waals surface area contributed by atoms with Gasteiger partial charge in [-0.05, 0) is 37.1 Å². The van der Waals surface area contributed by atoms with Crippen LogP contribution in [0.1, 0.15) is 54.3 Å². The molecule has 0 N–H and O–H groups in total. The number of fused-ring (bicyclic) bond motifs is 2. The molecule has 2 aliphatic rings. The molecule has 0 saturated heterocycles. The van der Waals surface area contributed by atoms with Crippen molar-refractivity contribution < 1.29 is 38.2 Å². The van der Waals surface area contributed by atoms with Crippen molar-refractivity contribution in [2.24, 2.45) is 0 Å². The monoisotopic (exact) mass is 588 g/mol. The van der Waals surface area contributed by atoms with E-state index in [2.05, 4.69) is 6.58 Å². The highest BCUT2D eigenvalue weighted by Gasteiger charge is 2.37. The van der Waals surface area contributed by atoms with Gasteiger partial charge in [0.2, 0.25) is 0 Å². The number of hydrogen-bond acceptors (Lipinski definition) is 8. The third-order valence-corrected chi connectivity index (χ3v) is 6.68. The minimum atomic E-state index is -0.650. The van der Waals surface area contributed by atoms with Crippen LogP contribution in [0.2, 0.25) is 0 Å². The van der Waals surface area contributed by atoms with E-state index in [1.165, 1.54) is 0 Å². The Hall–Kier alpha value is -4.02. The number of alkyl halides is 2. The number of esters is 2. The molecule has 210 valence electrons. The van der Waals surface area contributed by atoms with E-state index in [-0.39, 0.29) is 31.0 Å². The van der Waals surface area contributed by atoms with Crippen LogP contribution in [0, 0.1) is 0 Å². The first-order valence-corrected chi connectivity index (χ1v) is 13.2. The Morgan fingerprint density at radius 3 is 1.48 bits per heavy atom. The Morgan fingerprint density at radius 1 is 0.750 bits per heavy atom. The van der Waals surface area contributed by atoms with E-state index < -0.39 is 42.1 Å². The van der Waals surface area contributed by atoms with Gasteiger partial charge in [-0.25, -0.2) is 0 Å². The summed E-state index contributed by atoms with van der Waals surface area (Å²) in [6, 6.07) is 12.9. The van der Waals surface area contributed by atoms with Crippen molar-refractivity contribution in [3.8, 4) is 0 Å². The van der Waals surface area contributed by atoms with E-state index in [9.17, 15) is 28.8 Å². The number of carbonyl (C=O) groups excluding carboxylic acids is 6. The summed E-state index contributed by atoms with van der Waals surface area (Å²) >= 11 is 11.3. The quantitative estimate of drug-likeness (QED) is 0.128. The molecule has 2 aromatic carbocycles. The predicted octanol–water partition coefficient (Wildman–Crippen LogP) is 3.46. The first-order chi connectivity index (χ1) is 19.2. The molecular formula is C28H26Cl2N2O8. The number of ether oxygens (including phenoxy) is 2. The molecule has 2 heterocycles. The molecule has 4 amide bonds. The van der Waals surface area contributed by atoms with Crippen molar-refractivity contribution in [1.29, 1.82) is 0 Å². The second-order valence-corrected chi connectivity index (χ2v) is 9.47. The highest BCUT2D eigenvalue weighted by atomic mass is 35.5. The molecule has 12 heteroatoms. The summed E-state index contributed by atoms with van der Waals surface area (Å²) in [6.07, 6.45) is 2.57. The van der Waals surface area contributed by atoms with Crippen LogP contribution in [0.4, 0.5) is 0 Å². The highest BCUT2D eigenvalue weighted by Crippen LogP contribution is 2.23. The van der Waals surface area contributed by atoms with Gasteiger partial charge in [0.15, 0.2) is 0 Å². The van der Waals surface area contributed by atoms with Crippen LogP contribution in [0.3, 0.4) is 0 Å². The van der Waals surface area contributed by atoms with Gasteiger partial charge in [-0.3, -0.25) is 38.6 Å². The lowest BCUT2D eigenvalue weighted by Gasteiger charge is -2.13. The minimum absolute atomic E-state index is 0.100. The fourth-order valence-corrected chi connectivity index (χ4v) is 3.99. The van der Waals surface area contributed by atoms with Crippen molar-refractivity contribution in [2.45, 2.75) is 18.2 Å². The summed E-state index contributed by atoms with van der Waals surface area (Å²) in [6.45, 7) is 3.04. The van der Waals surface area contributed by atoms with Gasteiger partial charge in [0.1, 0.15) is 13.1 Å². The van der Waals surface area contributed by atoms with Crippen LogP contribution in [0.5, 0.6) is 0 Å². The van der Waals surface area contributed by atoms with Crippen molar-refractivity contribution in [2.75, 3.05) is 32.2 Å². The van der Waals surface area contributed by atoms with Gasteiger partial charge in [0, 0.05) is 5.88 Å². The van der Waals surface area contributed by atoms with Crippen LogP contribution < -0.4 is 0 Å². The minimum Gasteiger partial charge on any atom is -0.464 e. The molecule has 4 rings (SSSR count). The van der Waals surface area contributed by atoms with Crippen LogP contribution in [0.25, 0.3) is 0 Å². The maximum atomic E-state index is 12.0. The van der Waals surface area contributed by atoms with E-state index in [0.29, 0.717) is 35.1 Å². The lowest BCUT2D eigenvalue weighted by molar-refractivity contribution is -0.144. The van der Waals surface area contributed by atoms with Gasteiger partial charge in [-0.2, -0.15) is 0 Å². The molecule has 10 nitrogen and oxygen atoms in total. The summed E-state index contributed by atoms with van der Waals surface area (Å²) < 4.78 is 9.83. The predicted molar refractivity (Wildman–Crippen MR) is 145 cm³/mol. The fourth-order valence-electron chi connectivity index (χ4n) is 3.75.